The molecular weight excluding hydrogens is 262 g/mol. The minimum absolute atomic E-state index is 0.00159. The Hall–Kier alpha value is -1.81. The molecular formula is C17H23N3O. The first-order valence-electron chi connectivity index (χ1n) is 7.84. The largest absolute Gasteiger partial charge is 0.361 e. The van der Waals surface area contributed by atoms with Gasteiger partial charge in [-0.05, 0) is 30.9 Å². The van der Waals surface area contributed by atoms with Gasteiger partial charge in [0.05, 0.1) is 5.92 Å². The maximum absolute atomic E-state index is 12.2. The molecule has 1 amide bonds. The van der Waals surface area contributed by atoms with Crippen LogP contribution in [0.25, 0.3) is 10.9 Å². The molecule has 0 radical (unpaired) electrons. The third kappa shape index (κ3) is 3.10. The summed E-state index contributed by atoms with van der Waals surface area (Å²) in [5, 5.41) is 4.29. The van der Waals surface area contributed by atoms with Gasteiger partial charge in [-0.15, -0.1) is 0 Å². The number of hydrogen-bond acceptors (Lipinski definition) is 2. The average molecular weight is 285 g/mol. The molecule has 2 atom stereocenters. The number of carbonyl (C=O) groups excluding carboxylic acids is 1. The molecule has 4 nitrogen and oxygen atoms in total. The Balaban J connectivity index is 1.55. The fraction of sp³-hybridized carbons (Fsp3) is 0.471. The number of benzene rings is 1. The molecule has 0 bridgehead atoms. The zero-order chi connectivity index (χ0) is 14.7. The Morgan fingerprint density at radius 1 is 1.29 bits per heavy atom. The highest BCUT2D eigenvalue weighted by Gasteiger charge is 2.27. The van der Waals surface area contributed by atoms with Crippen LogP contribution >= 0.6 is 0 Å². The van der Waals surface area contributed by atoms with E-state index in [2.05, 4.69) is 22.4 Å². The Labute approximate surface area is 125 Å². The van der Waals surface area contributed by atoms with E-state index in [9.17, 15) is 4.79 Å². The number of hydrogen-bond donors (Lipinski definition) is 3. The van der Waals surface area contributed by atoms with E-state index < -0.39 is 0 Å². The van der Waals surface area contributed by atoms with Crippen molar-refractivity contribution < 1.29 is 4.79 Å². The van der Waals surface area contributed by atoms with E-state index in [1.807, 2.05) is 18.3 Å². The Morgan fingerprint density at radius 2 is 2.10 bits per heavy atom. The lowest BCUT2D eigenvalue weighted by Crippen LogP contribution is -2.44. The van der Waals surface area contributed by atoms with Crippen molar-refractivity contribution in [2.24, 2.45) is 11.7 Å². The van der Waals surface area contributed by atoms with Crippen molar-refractivity contribution in [3.63, 3.8) is 0 Å². The van der Waals surface area contributed by atoms with Crippen LogP contribution in [-0.4, -0.2) is 23.5 Å². The SMILES string of the molecule is NC1CCCCC1C(=O)NCCc1c[nH]c2ccccc12. The van der Waals surface area contributed by atoms with E-state index in [0.29, 0.717) is 6.54 Å². The number of nitrogens with one attached hydrogen (secondary N) is 2. The number of nitrogens with two attached hydrogens (primary N) is 1. The lowest BCUT2D eigenvalue weighted by atomic mass is 9.84. The first-order valence-corrected chi connectivity index (χ1v) is 7.84. The van der Waals surface area contributed by atoms with E-state index in [-0.39, 0.29) is 17.9 Å². The van der Waals surface area contributed by atoms with Crippen molar-refractivity contribution in [3.05, 3.63) is 36.0 Å². The van der Waals surface area contributed by atoms with Crippen molar-refractivity contribution in [3.8, 4) is 0 Å². The van der Waals surface area contributed by atoms with Crippen molar-refractivity contribution in [1.29, 1.82) is 0 Å². The summed E-state index contributed by atoms with van der Waals surface area (Å²) in [6.07, 6.45) is 7.05. The van der Waals surface area contributed by atoms with Crippen LogP contribution in [0.1, 0.15) is 31.2 Å². The van der Waals surface area contributed by atoms with E-state index in [1.165, 1.54) is 10.9 Å². The highest BCUT2D eigenvalue weighted by atomic mass is 16.1. The first kappa shape index (κ1) is 14.1. The van der Waals surface area contributed by atoms with Crippen LogP contribution in [0.4, 0.5) is 0 Å². The van der Waals surface area contributed by atoms with Crippen LogP contribution in [0, 0.1) is 5.92 Å². The summed E-state index contributed by atoms with van der Waals surface area (Å²) in [6.45, 7) is 0.671. The molecule has 1 saturated carbocycles. The molecule has 3 rings (SSSR count). The molecule has 1 aliphatic carbocycles. The molecule has 112 valence electrons. The topological polar surface area (TPSA) is 70.9 Å². The van der Waals surface area contributed by atoms with E-state index in [0.717, 1.165) is 37.6 Å². The molecule has 4 heteroatoms. The maximum Gasteiger partial charge on any atom is 0.224 e. The molecule has 21 heavy (non-hydrogen) atoms. The van der Waals surface area contributed by atoms with Crippen molar-refractivity contribution in [2.45, 2.75) is 38.1 Å². The zero-order valence-electron chi connectivity index (χ0n) is 12.3. The smallest absolute Gasteiger partial charge is 0.224 e. The van der Waals surface area contributed by atoms with Gasteiger partial charge in [0.15, 0.2) is 0 Å². The van der Waals surface area contributed by atoms with Crippen LogP contribution in [0.5, 0.6) is 0 Å². The molecule has 1 aliphatic rings. The lowest BCUT2D eigenvalue weighted by Gasteiger charge is -2.27. The van der Waals surface area contributed by atoms with Crippen molar-refractivity contribution in [1.82, 2.24) is 10.3 Å². The Bertz CT molecular complexity index is 619. The average Bonchev–Trinajstić information content (AvgIpc) is 2.91. The van der Waals surface area contributed by atoms with Crippen LogP contribution in [0.2, 0.25) is 0 Å². The van der Waals surface area contributed by atoms with E-state index >= 15 is 0 Å². The molecule has 1 aromatic heterocycles. The van der Waals surface area contributed by atoms with Crippen LogP contribution in [0.3, 0.4) is 0 Å². The fourth-order valence-corrected chi connectivity index (χ4v) is 3.27. The number of fused-ring (bicyclic) bond motifs is 1. The van der Waals surface area contributed by atoms with Gasteiger partial charge in [-0.25, -0.2) is 0 Å². The predicted molar refractivity (Wildman–Crippen MR) is 84.9 cm³/mol. The van der Waals surface area contributed by atoms with Gasteiger partial charge in [-0.3, -0.25) is 4.79 Å². The molecule has 0 aliphatic heterocycles. The number of rotatable bonds is 4. The van der Waals surface area contributed by atoms with Crippen LogP contribution in [-0.2, 0) is 11.2 Å². The summed E-state index contributed by atoms with van der Waals surface area (Å²) in [6, 6.07) is 8.28. The second-order valence-corrected chi connectivity index (χ2v) is 5.96. The number of H-pyrrole nitrogens is 1. The second kappa shape index (κ2) is 6.31. The van der Waals surface area contributed by atoms with Gasteiger partial charge in [0, 0.05) is 29.7 Å². The van der Waals surface area contributed by atoms with Gasteiger partial charge in [0.2, 0.25) is 5.91 Å². The molecule has 1 heterocycles. The van der Waals surface area contributed by atoms with Crippen molar-refractivity contribution in [2.75, 3.05) is 6.54 Å². The minimum atomic E-state index is 0.00159. The number of aromatic amines is 1. The highest BCUT2D eigenvalue weighted by Crippen LogP contribution is 2.23. The number of amides is 1. The van der Waals surface area contributed by atoms with E-state index in [1.54, 1.807) is 0 Å². The third-order valence-electron chi connectivity index (χ3n) is 4.52. The van der Waals surface area contributed by atoms with Gasteiger partial charge in [0.1, 0.15) is 0 Å². The van der Waals surface area contributed by atoms with E-state index in [4.69, 9.17) is 5.73 Å². The predicted octanol–water partition coefficient (Wildman–Crippen LogP) is 2.34. The Morgan fingerprint density at radius 3 is 2.95 bits per heavy atom. The quantitative estimate of drug-likeness (QED) is 0.807. The zero-order valence-corrected chi connectivity index (χ0v) is 12.3. The van der Waals surface area contributed by atoms with Gasteiger partial charge in [0.25, 0.3) is 0 Å². The maximum atomic E-state index is 12.2. The fourth-order valence-electron chi connectivity index (χ4n) is 3.27. The second-order valence-electron chi connectivity index (χ2n) is 5.96. The molecule has 1 aromatic carbocycles. The van der Waals surface area contributed by atoms with Gasteiger partial charge >= 0.3 is 0 Å². The summed E-state index contributed by atoms with van der Waals surface area (Å²) in [4.78, 5) is 15.5. The monoisotopic (exact) mass is 285 g/mol. The summed E-state index contributed by atoms with van der Waals surface area (Å²) in [5.74, 6) is 0.128. The van der Waals surface area contributed by atoms with Gasteiger partial charge in [-0.1, -0.05) is 31.0 Å². The molecule has 0 saturated heterocycles. The normalized spacial score (nSPS) is 22.3. The first-order chi connectivity index (χ1) is 10.3. The van der Waals surface area contributed by atoms with Gasteiger partial charge < -0.3 is 16.0 Å². The summed E-state index contributed by atoms with van der Waals surface area (Å²) >= 11 is 0. The standard InChI is InChI=1S/C17H23N3O/c18-15-7-3-1-6-14(15)17(21)19-10-9-12-11-20-16-8-4-2-5-13(12)16/h2,4-5,8,11,14-15,20H,1,3,6-7,9-10,18H2,(H,19,21). The number of carbonyl (C=O) groups is 1. The number of aromatic nitrogens is 1. The minimum Gasteiger partial charge on any atom is -0.361 e. The molecule has 1 fully saturated rings. The molecule has 2 unspecified atom stereocenters. The number of para-hydroxylation sites is 1. The Kier molecular flexibility index (Phi) is 4.25. The van der Waals surface area contributed by atoms with Crippen molar-refractivity contribution >= 4 is 16.8 Å². The van der Waals surface area contributed by atoms with Gasteiger partial charge in [-0.2, -0.15) is 0 Å². The van der Waals surface area contributed by atoms with Crippen LogP contribution in [0.15, 0.2) is 30.5 Å². The molecule has 0 spiro atoms. The molecule has 2 aromatic rings. The lowest BCUT2D eigenvalue weighted by molar-refractivity contribution is -0.126. The molecule has 4 N–H and O–H groups in total. The summed E-state index contributed by atoms with van der Waals surface area (Å²) in [7, 11) is 0. The van der Waals surface area contributed by atoms with Crippen LogP contribution < -0.4 is 11.1 Å². The third-order valence-corrected chi connectivity index (χ3v) is 4.52. The highest BCUT2D eigenvalue weighted by molar-refractivity contribution is 5.83. The summed E-state index contributed by atoms with van der Waals surface area (Å²) in [5.41, 5.74) is 8.45. The summed E-state index contributed by atoms with van der Waals surface area (Å²) < 4.78 is 0.